The minimum Gasteiger partial charge on any atom is -0.459 e. The molecule has 1 saturated heterocycles. The molecule has 3 aromatic carbocycles. The summed E-state index contributed by atoms with van der Waals surface area (Å²) < 4.78 is 10.9. The number of carbonyl (C=O) groups is 3. The van der Waals surface area contributed by atoms with Crippen LogP contribution in [0.2, 0.25) is 0 Å². The molecule has 1 aliphatic rings. The van der Waals surface area contributed by atoms with E-state index in [0.717, 1.165) is 11.1 Å². The number of hydrogen-bond donors (Lipinski definition) is 2. The number of nitrogens with one attached hydrogen (secondary N) is 2. The van der Waals surface area contributed by atoms with Crippen LogP contribution in [0.5, 0.6) is 0 Å². The molecule has 0 radical (unpaired) electrons. The SMILES string of the molecule is C[C@H](NC(=O)[C@@H]1[C@H](c2ccc(NC(=O)c3ccco3)cc2)OC(=O)N1Cc1ccccc1)c1ccccc1. The van der Waals surface area contributed by atoms with Crippen molar-refractivity contribution in [2.45, 2.75) is 31.7 Å². The molecule has 1 aliphatic heterocycles. The Balaban J connectivity index is 1.38. The van der Waals surface area contributed by atoms with Gasteiger partial charge >= 0.3 is 6.09 Å². The van der Waals surface area contributed by atoms with E-state index in [4.69, 9.17) is 9.15 Å². The van der Waals surface area contributed by atoms with Gasteiger partial charge in [-0.05, 0) is 47.9 Å². The van der Waals surface area contributed by atoms with E-state index in [2.05, 4.69) is 10.6 Å². The first-order chi connectivity index (χ1) is 18.5. The Morgan fingerprint density at radius 2 is 1.58 bits per heavy atom. The molecule has 2 heterocycles. The van der Waals surface area contributed by atoms with E-state index >= 15 is 0 Å². The van der Waals surface area contributed by atoms with Gasteiger partial charge in [0.2, 0.25) is 5.91 Å². The second kappa shape index (κ2) is 11.0. The Hall–Kier alpha value is -4.85. The summed E-state index contributed by atoms with van der Waals surface area (Å²) in [6.07, 6.45) is 0.0305. The lowest BCUT2D eigenvalue weighted by Gasteiger charge is -2.26. The van der Waals surface area contributed by atoms with Crippen molar-refractivity contribution in [2.75, 3.05) is 5.32 Å². The van der Waals surface area contributed by atoms with E-state index in [-0.39, 0.29) is 30.2 Å². The molecule has 192 valence electrons. The lowest BCUT2D eigenvalue weighted by molar-refractivity contribution is -0.127. The van der Waals surface area contributed by atoms with E-state index in [1.165, 1.54) is 11.2 Å². The van der Waals surface area contributed by atoms with Crippen molar-refractivity contribution in [1.82, 2.24) is 10.2 Å². The number of rotatable bonds is 8. The van der Waals surface area contributed by atoms with Crippen LogP contribution in [-0.2, 0) is 16.1 Å². The van der Waals surface area contributed by atoms with Crippen LogP contribution in [0.1, 0.15) is 46.3 Å². The highest BCUT2D eigenvalue weighted by Gasteiger charge is 2.47. The van der Waals surface area contributed by atoms with Crippen LogP contribution in [0.4, 0.5) is 10.5 Å². The molecular formula is C30H27N3O5. The molecule has 0 aliphatic carbocycles. The summed E-state index contributed by atoms with van der Waals surface area (Å²) in [6, 6.07) is 28.0. The fourth-order valence-electron chi connectivity index (χ4n) is 4.47. The van der Waals surface area contributed by atoms with Crippen molar-refractivity contribution in [3.05, 3.63) is 126 Å². The predicted octanol–water partition coefficient (Wildman–Crippen LogP) is 5.47. The second-order valence-corrected chi connectivity index (χ2v) is 9.06. The van der Waals surface area contributed by atoms with Gasteiger partial charge in [0.1, 0.15) is 0 Å². The van der Waals surface area contributed by atoms with Gasteiger partial charge in [0.25, 0.3) is 5.91 Å². The van der Waals surface area contributed by atoms with Gasteiger partial charge in [0.15, 0.2) is 17.9 Å². The lowest BCUT2D eigenvalue weighted by atomic mass is 9.99. The Bertz CT molecular complexity index is 1390. The number of cyclic esters (lactones) is 1. The molecule has 0 bridgehead atoms. The highest BCUT2D eigenvalue weighted by Crippen LogP contribution is 2.35. The third-order valence-electron chi connectivity index (χ3n) is 6.45. The molecule has 0 saturated carbocycles. The first kappa shape index (κ1) is 24.8. The van der Waals surface area contributed by atoms with Crippen LogP contribution < -0.4 is 10.6 Å². The number of ether oxygens (including phenoxy) is 1. The highest BCUT2D eigenvalue weighted by molar-refractivity contribution is 6.02. The Labute approximate surface area is 220 Å². The van der Waals surface area contributed by atoms with Crippen LogP contribution in [0.25, 0.3) is 0 Å². The van der Waals surface area contributed by atoms with E-state index in [1.54, 1.807) is 36.4 Å². The molecule has 3 atom stereocenters. The fourth-order valence-corrected chi connectivity index (χ4v) is 4.47. The standard InChI is InChI=1S/C30H27N3O5/c1-20(22-11-6-3-7-12-22)31-29(35)26-27(38-30(36)33(26)19-21-9-4-2-5-10-21)23-14-16-24(17-15-23)32-28(34)25-13-8-18-37-25/h2-18,20,26-27H,19H2,1H3,(H,31,35)(H,32,34)/t20-,26-,27-/m0/s1. The number of furan rings is 1. The first-order valence-electron chi connectivity index (χ1n) is 12.3. The zero-order chi connectivity index (χ0) is 26.5. The monoisotopic (exact) mass is 509 g/mol. The topological polar surface area (TPSA) is 101 Å². The minimum absolute atomic E-state index is 0.194. The van der Waals surface area contributed by atoms with Crippen LogP contribution in [0.15, 0.2) is 108 Å². The molecule has 0 spiro atoms. The van der Waals surface area contributed by atoms with Crippen LogP contribution >= 0.6 is 0 Å². The van der Waals surface area contributed by atoms with Gasteiger partial charge in [-0.25, -0.2) is 4.79 Å². The molecule has 1 fully saturated rings. The number of benzene rings is 3. The molecule has 4 aromatic rings. The molecule has 2 N–H and O–H groups in total. The molecular weight excluding hydrogens is 482 g/mol. The summed E-state index contributed by atoms with van der Waals surface area (Å²) in [5, 5.41) is 5.81. The summed E-state index contributed by atoms with van der Waals surface area (Å²) >= 11 is 0. The van der Waals surface area contributed by atoms with E-state index in [1.807, 2.05) is 67.6 Å². The lowest BCUT2D eigenvalue weighted by Crippen LogP contribution is -2.46. The van der Waals surface area contributed by atoms with E-state index in [9.17, 15) is 14.4 Å². The normalized spacial score (nSPS) is 17.5. The zero-order valence-electron chi connectivity index (χ0n) is 20.7. The second-order valence-electron chi connectivity index (χ2n) is 9.06. The Morgan fingerprint density at radius 3 is 2.24 bits per heavy atom. The molecule has 5 rings (SSSR count). The van der Waals surface area contributed by atoms with Gasteiger partial charge in [-0.15, -0.1) is 0 Å². The van der Waals surface area contributed by atoms with Crippen molar-refractivity contribution >= 4 is 23.6 Å². The van der Waals surface area contributed by atoms with E-state index in [0.29, 0.717) is 11.3 Å². The predicted molar refractivity (Wildman–Crippen MR) is 141 cm³/mol. The molecule has 8 nitrogen and oxygen atoms in total. The number of carbonyl (C=O) groups excluding carboxylic acids is 3. The van der Waals surface area contributed by atoms with Crippen molar-refractivity contribution in [3.8, 4) is 0 Å². The third-order valence-corrected chi connectivity index (χ3v) is 6.45. The van der Waals surface area contributed by atoms with Crippen LogP contribution in [-0.4, -0.2) is 28.8 Å². The van der Waals surface area contributed by atoms with Crippen molar-refractivity contribution in [3.63, 3.8) is 0 Å². The summed E-state index contributed by atoms with van der Waals surface area (Å²) in [5.41, 5.74) is 3.01. The van der Waals surface area contributed by atoms with Crippen LogP contribution in [0.3, 0.4) is 0 Å². The molecule has 1 aromatic heterocycles. The quantitative estimate of drug-likeness (QED) is 0.328. The fraction of sp³-hybridized carbons (Fsp3) is 0.167. The van der Waals surface area contributed by atoms with Gasteiger partial charge in [0, 0.05) is 5.69 Å². The van der Waals surface area contributed by atoms with Crippen molar-refractivity contribution in [1.29, 1.82) is 0 Å². The van der Waals surface area contributed by atoms with E-state index < -0.39 is 18.2 Å². The van der Waals surface area contributed by atoms with Crippen LogP contribution in [0, 0.1) is 0 Å². The van der Waals surface area contributed by atoms with Gasteiger partial charge in [-0.2, -0.15) is 0 Å². The minimum atomic E-state index is -0.891. The summed E-state index contributed by atoms with van der Waals surface area (Å²) in [7, 11) is 0. The maximum atomic E-state index is 13.7. The summed E-state index contributed by atoms with van der Waals surface area (Å²) in [6.45, 7) is 2.13. The molecule has 3 amide bonds. The summed E-state index contributed by atoms with van der Waals surface area (Å²) in [4.78, 5) is 40.4. The maximum Gasteiger partial charge on any atom is 0.411 e. The van der Waals surface area contributed by atoms with Crippen molar-refractivity contribution in [2.24, 2.45) is 0 Å². The maximum absolute atomic E-state index is 13.7. The Morgan fingerprint density at radius 1 is 0.895 bits per heavy atom. The molecule has 38 heavy (non-hydrogen) atoms. The molecule has 8 heteroatoms. The number of amides is 3. The zero-order valence-corrected chi connectivity index (χ0v) is 20.7. The van der Waals surface area contributed by atoms with Crippen molar-refractivity contribution < 1.29 is 23.5 Å². The largest absolute Gasteiger partial charge is 0.459 e. The average molecular weight is 510 g/mol. The number of nitrogens with zero attached hydrogens (tertiary/aromatic N) is 1. The Kier molecular flexibility index (Phi) is 7.21. The smallest absolute Gasteiger partial charge is 0.411 e. The molecule has 0 unspecified atom stereocenters. The number of anilines is 1. The van der Waals surface area contributed by atoms with Gasteiger partial charge in [-0.3, -0.25) is 14.5 Å². The average Bonchev–Trinajstić information content (AvgIpc) is 3.59. The summed E-state index contributed by atoms with van der Waals surface area (Å²) in [5.74, 6) is -0.501. The third kappa shape index (κ3) is 5.44. The first-order valence-corrected chi connectivity index (χ1v) is 12.3. The van der Waals surface area contributed by atoms with Gasteiger partial charge in [-0.1, -0.05) is 72.8 Å². The van der Waals surface area contributed by atoms with Gasteiger partial charge < -0.3 is 19.8 Å². The number of hydrogen-bond acceptors (Lipinski definition) is 5. The highest BCUT2D eigenvalue weighted by atomic mass is 16.6. The van der Waals surface area contributed by atoms with Gasteiger partial charge in [0.05, 0.1) is 18.8 Å².